The summed E-state index contributed by atoms with van der Waals surface area (Å²) in [7, 11) is 0. The Morgan fingerprint density at radius 3 is 3.13 bits per heavy atom. The molecule has 0 unspecified atom stereocenters. The monoisotopic (exact) mass is 202 g/mol. The number of H-pyrrole nitrogens is 1. The lowest BCUT2D eigenvalue weighted by Gasteiger charge is -1.96. The van der Waals surface area contributed by atoms with Crippen LogP contribution in [0.4, 0.5) is 0 Å². The number of hydrogen-bond donors (Lipinski definition) is 2. The van der Waals surface area contributed by atoms with Gasteiger partial charge in [0, 0.05) is 12.2 Å². The van der Waals surface area contributed by atoms with Gasteiger partial charge in [-0.15, -0.1) is 0 Å². The average molecular weight is 202 g/mol. The fourth-order valence-corrected chi connectivity index (χ4v) is 1.70. The van der Waals surface area contributed by atoms with Crippen molar-refractivity contribution in [2.45, 2.75) is 32.4 Å². The van der Waals surface area contributed by atoms with E-state index in [4.69, 9.17) is 0 Å². The van der Waals surface area contributed by atoms with Crippen molar-refractivity contribution >= 4 is 11.2 Å². The third kappa shape index (κ3) is 1.72. The summed E-state index contributed by atoms with van der Waals surface area (Å²) in [5.74, 6) is 0.985. The van der Waals surface area contributed by atoms with Crippen LogP contribution in [-0.4, -0.2) is 21.0 Å². The van der Waals surface area contributed by atoms with Gasteiger partial charge in [-0.1, -0.05) is 0 Å². The fourth-order valence-electron chi connectivity index (χ4n) is 1.70. The number of imidazole rings is 1. The van der Waals surface area contributed by atoms with Crippen molar-refractivity contribution in [1.29, 1.82) is 0 Å². The highest BCUT2D eigenvalue weighted by Crippen LogP contribution is 2.19. The molecule has 1 saturated carbocycles. The number of aromatic nitrogens is 3. The Morgan fingerprint density at radius 2 is 2.40 bits per heavy atom. The van der Waals surface area contributed by atoms with E-state index in [-0.39, 0.29) is 0 Å². The van der Waals surface area contributed by atoms with Crippen LogP contribution in [0, 0.1) is 6.92 Å². The van der Waals surface area contributed by atoms with Crippen molar-refractivity contribution in [3.63, 3.8) is 0 Å². The van der Waals surface area contributed by atoms with E-state index in [9.17, 15) is 0 Å². The summed E-state index contributed by atoms with van der Waals surface area (Å²) < 4.78 is 0. The van der Waals surface area contributed by atoms with Gasteiger partial charge in [0.05, 0.1) is 12.1 Å². The van der Waals surface area contributed by atoms with Crippen molar-refractivity contribution in [2.75, 3.05) is 0 Å². The maximum absolute atomic E-state index is 4.44. The number of rotatable bonds is 3. The predicted molar refractivity (Wildman–Crippen MR) is 58.5 cm³/mol. The van der Waals surface area contributed by atoms with Crippen LogP contribution in [-0.2, 0) is 6.54 Å². The summed E-state index contributed by atoms with van der Waals surface area (Å²) in [6, 6.07) is 2.71. The van der Waals surface area contributed by atoms with E-state index in [0.29, 0.717) is 6.04 Å². The molecule has 2 aromatic heterocycles. The van der Waals surface area contributed by atoms with Gasteiger partial charge in [0.15, 0.2) is 5.65 Å². The zero-order chi connectivity index (χ0) is 10.3. The Bertz CT molecular complexity index is 484. The van der Waals surface area contributed by atoms with Crippen LogP contribution < -0.4 is 5.32 Å². The van der Waals surface area contributed by atoms with E-state index >= 15 is 0 Å². The Morgan fingerprint density at radius 1 is 1.53 bits per heavy atom. The number of nitrogens with zero attached hydrogens (tertiary/aromatic N) is 2. The van der Waals surface area contributed by atoms with Gasteiger partial charge in [-0.05, 0) is 31.4 Å². The van der Waals surface area contributed by atoms with Crippen molar-refractivity contribution in [3.8, 4) is 0 Å². The molecule has 0 amide bonds. The number of fused-ring (bicyclic) bond motifs is 1. The van der Waals surface area contributed by atoms with Gasteiger partial charge < -0.3 is 10.3 Å². The van der Waals surface area contributed by atoms with Crippen LogP contribution in [0.1, 0.15) is 24.2 Å². The molecule has 0 bridgehead atoms. The van der Waals surface area contributed by atoms with Crippen molar-refractivity contribution < 1.29 is 0 Å². The van der Waals surface area contributed by atoms with E-state index < -0.39 is 0 Å². The van der Waals surface area contributed by atoms with Gasteiger partial charge >= 0.3 is 0 Å². The minimum Gasteiger partial charge on any atom is -0.339 e. The Kier molecular flexibility index (Phi) is 1.95. The van der Waals surface area contributed by atoms with Crippen molar-refractivity contribution in [3.05, 3.63) is 23.7 Å². The van der Waals surface area contributed by atoms with E-state index in [0.717, 1.165) is 23.5 Å². The first-order valence-electron chi connectivity index (χ1n) is 5.36. The number of aryl methyl sites for hydroxylation is 1. The fraction of sp³-hybridized carbons (Fsp3) is 0.455. The highest BCUT2D eigenvalue weighted by atomic mass is 15.0. The zero-order valence-corrected chi connectivity index (χ0v) is 8.75. The van der Waals surface area contributed by atoms with Crippen LogP contribution in [0.15, 0.2) is 12.3 Å². The summed E-state index contributed by atoms with van der Waals surface area (Å²) in [5.41, 5.74) is 3.08. The van der Waals surface area contributed by atoms with Gasteiger partial charge in [-0.3, -0.25) is 0 Å². The summed E-state index contributed by atoms with van der Waals surface area (Å²) in [4.78, 5) is 12.0. The highest BCUT2D eigenvalue weighted by Gasteiger charge is 2.20. The number of pyridine rings is 1. The van der Waals surface area contributed by atoms with Gasteiger partial charge in [-0.25, -0.2) is 9.97 Å². The molecule has 1 aliphatic rings. The third-order valence-electron chi connectivity index (χ3n) is 2.78. The summed E-state index contributed by atoms with van der Waals surface area (Å²) >= 11 is 0. The first-order valence-corrected chi connectivity index (χ1v) is 5.36. The lowest BCUT2D eigenvalue weighted by molar-refractivity contribution is 0.665. The molecular formula is C11H14N4. The topological polar surface area (TPSA) is 53.6 Å². The third-order valence-corrected chi connectivity index (χ3v) is 2.78. The molecule has 2 heterocycles. The second kappa shape index (κ2) is 3.31. The smallest absolute Gasteiger partial charge is 0.178 e. The van der Waals surface area contributed by atoms with Gasteiger partial charge in [-0.2, -0.15) is 0 Å². The van der Waals surface area contributed by atoms with Crippen molar-refractivity contribution in [1.82, 2.24) is 20.3 Å². The maximum atomic E-state index is 4.44. The van der Waals surface area contributed by atoms with Gasteiger partial charge in [0.1, 0.15) is 5.82 Å². The number of aromatic amines is 1. The Hall–Kier alpha value is -1.42. The van der Waals surface area contributed by atoms with Crippen molar-refractivity contribution in [2.24, 2.45) is 0 Å². The molecule has 0 radical (unpaired) electrons. The Labute approximate surface area is 88.1 Å². The average Bonchev–Trinajstić information content (AvgIpc) is 2.95. The number of nitrogens with one attached hydrogen (secondary N) is 2. The molecule has 0 spiro atoms. The molecule has 0 saturated heterocycles. The SMILES string of the molecule is Cc1ccnc2nc(CNC3CC3)[nH]c12. The summed E-state index contributed by atoms with van der Waals surface area (Å²) in [6.45, 7) is 2.89. The normalized spacial score (nSPS) is 16.1. The standard InChI is InChI=1S/C11H14N4/c1-7-4-5-12-11-10(7)14-9(15-11)6-13-8-2-3-8/h4-5,8,13H,2-3,6H2,1H3,(H,12,14,15). The molecule has 0 aromatic carbocycles. The van der Waals surface area contributed by atoms with Crippen LogP contribution >= 0.6 is 0 Å². The molecule has 78 valence electrons. The molecule has 4 heteroatoms. The molecular weight excluding hydrogens is 188 g/mol. The molecule has 3 rings (SSSR count). The van der Waals surface area contributed by atoms with Crippen LogP contribution in [0.5, 0.6) is 0 Å². The maximum Gasteiger partial charge on any atom is 0.178 e. The quantitative estimate of drug-likeness (QED) is 0.793. The van der Waals surface area contributed by atoms with Crippen LogP contribution in [0.3, 0.4) is 0 Å². The molecule has 2 aromatic rings. The highest BCUT2D eigenvalue weighted by molar-refractivity contribution is 5.74. The van der Waals surface area contributed by atoms with Gasteiger partial charge in [0.2, 0.25) is 0 Å². The summed E-state index contributed by atoms with van der Waals surface area (Å²) in [5, 5.41) is 3.43. The lowest BCUT2D eigenvalue weighted by atomic mass is 10.3. The molecule has 4 nitrogen and oxygen atoms in total. The molecule has 1 aliphatic carbocycles. The molecule has 0 atom stereocenters. The van der Waals surface area contributed by atoms with Crippen LogP contribution in [0.2, 0.25) is 0 Å². The minimum atomic E-state index is 0.715. The second-order valence-corrected chi connectivity index (χ2v) is 4.17. The zero-order valence-electron chi connectivity index (χ0n) is 8.75. The predicted octanol–water partition coefficient (Wildman–Crippen LogP) is 1.52. The lowest BCUT2D eigenvalue weighted by Crippen LogP contribution is -2.16. The second-order valence-electron chi connectivity index (χ2n) is 4.17. The minimum absolute atomic E-state index is 0.715. The van der Waals surface area contributed by atoms with E-state index in [1.54, 1.807) is 6.20 Å². The Balaban J connectivity index is 1.88. The molecule has 15 heavy (non-hydrogen) atoms. The molecule has 0 aliphatic heterocycles. The molecule has 2 N–H and O–H groups in total. The summed E-state index contributed by atoms with van der Waals surface area (Å²) in [6.07, 6.45) is 4.41. The van der Waals surface area contributed by atoms with E-state index in [1.165, 1.54) is 18.4 Å². The van der Waals surface area contributed by atoms with E-state index in [2.05, 4.69) is 27.2 Å². The number of hydrogen-bond acceptors (Lipinski definition) is 3. The largest absolute Gasteiger partial charge is 0.339 e. The van der Waals surface area contributed by atoms with Gasteiger partial charge in [0.25, 0.3) is 0 Å². The first-order chi connectivity index (χ1) is 7.33. The first kappa shape index (κ1) is 8.85. The molecule has 1 fully saturated rings. The van der Waals surface area contributed by atoms with Crippen LogP contribution in [0.25, 0.3) is 11.2 Å². The van der Waals surface area contributed by atoms with E-state index in [1.807, 2.05) is 6.07 Å².